The second kappa shape index (κ2) is 3.77. The van der Waals surface area contributed by atoms with Crippen LogP contribution in [0, 0.1) is 0 Å². The third-order valence-electron chi connectivity index (χ3n) is 1.47. The largest absolute Gasteiger partial charge is 0.297 e. The molecule has 0 saturated carbocycles. The molecular weight excluding hydrogens is 240 g/mol. The van der Waals surface area contributed by atoms with Gasteiger partial charge in [-0.15, -0.1) is 10.2 Å². The molecule has 0 N–H and O–H groups in total. The molecule has 1 heterocycles. The Kier molecular flexibility index (Phi) is 3.05. The highest BCUT2D eigenvalue weighted by Crippen LogP contribution is 2.21. The van der Waals surface area contributed by atoms with E-state index in [4.69, 9.17) is 10.7 Å². The fraction of sp³-hybridized carbons (Fsp3) is 0.600. The van der Waals surface area contributed by atoms with Gasteiger partial charge in [0.15, 0.2) is 0 Å². The van der Waals surface area contributed by atoms with Crippen molar-refractivity contribution in [1.82, 2.24) is 14.8 Å². The average Bonchev–Trinajstić information content (AvgIpc) is 2.45. The molecule has 0 aromatic carbocycles. The molecule has 0 aliphatic heterocycles. The van der Waals surface area contributed by atoms with Gasteiger partial charge < -0.3 is 0 Å². The molecule has 9 heteroatoms. The summed E-state index contributed by atoms with van der Waals surface area (Å²) in [5.41, 5.74) is 0. The van der Waals surface area contributed by atoms with Crippen LogP contribution in [0.4, 0.5) is 8.78 Å². The summed E-state index contributed by atoms with van der Waals surface area (Å²) < 4.78 is 47.0. The van der Waals surface area contributed by atoms with E-state index in [9.17, 15) is 17.2 Å². The van der Waals surface area contributed by atoms with Gasteiger partial charge in [-0.2, -0.15) is 0 Å². The predicted octanol–water partition coefficient (Wildman–Crippen LogP) is 1.16. The minimum Gasteiger partial charge on any atom is -0.296 e. The van der Waals surface area contributed by atoms with Gasteiger partial charge in [0.1, 0.15) is 0 Å². The van der Waals surface area contributed by atoms with Gasteiger partial charge in [-0.3, -0.25) is 4.57 Å². The van der Waals surface area contributed by atoms with Crippen molar-refractivity contribution in [2.45, 2.75) is 25.1 Å². The molecule has 0 radical (unpaired) electrons. The van der Waals surface area contributed by atoms with Crippen LogP contribution < -0.4 is 0 Å². The maximum absolute atomic E-state index is 12.3. The van der Waals surface area contributed by atoms with E-state index in [0.29, 0.717) is 0 Å². The van der Waals surface area contributed by atoms with Crippen molar-refractivity contribution in [2.24, 2.45) is 0 Å². The van der Waals surface area contributed by atoms with Crippen LogP contribution in [0.15, 0.2) is 5.16 Å². The Morgan fingerprint density at radius 3 is 2.43 bits per heavy atom. The van der Waals surface area contributed by atoms with E-state index in [1.807, 2.05) is 0 Å². The lowest BCUT2D eigenvalue weighted by Crippen LogP contribution is -2.08. The van der Waals surface area contributed by atoms with E-state index in [-0.39, 0.29) is 6.54 Å². The molecule has 1 aromatic rings. The maximum atomic E-state index is 12.3. The van der Waals surface area contributed by atoms with Crippen molar-refractivity contribution in [2.75, 3.05) is 0 Å². The van der Waals surface area contributed by atoms with Gasteiger partial charge in [-0.1, -0.05) is 0 Å². The first-order chi connectivity index (χ1) is 6.38. The molecule has 0 atom stereocenters. The van der Waals surface area contributed by atoms with Crippen LogP contribution in [0.2, 0.25) is 0 Å². The van der Waals surface area contributed by atoms with Crippen LogP contribution in [-0.2, 0) is 15.6 Å². The molecule has 1 aromatic heterocycles. The van der Waals surface area contributed by atoms with Crippen molar-refractivity contribution in [3.8, 4) is 0 Å². The lowest BCUT2D eigenvalue weighted by Gasteiger charge is -2.03. The van der Waals surface area contributed by atoms with Gasteiger partial charge >= 0.3 is 0 Å². The Bertz CT molecular complexity index is 430. The van der Waals surface area contributed by atoms with Gasteiger partial charge in [-0.05, 0) is 6.92 Å². The molecule has 0 amide bonds. The zero-order valence-corrected chi connectivity index (χ0v) is 8.56. The molecule has 0 bridgehead atoms. The first kappa shape index (κ1) is 11.3. The molecule has 80 valence electrons. The molecule has 0 aliphatic carbocycles. The summed E-state index contributed by atoms with van der Waals surface area (Å²) in [6.45, 7) is 1.49. The molecule has 14 heavy (non-hydrogen) atoms. The Balaban J connectivity index is 3.35. The van der Waals surface area contributed by atoms with Crippen molar-refractivity contribution >= 4 is 19.7 Å². The van der Waals surface area contributed by atoms with Gasteiger partial charge in [0, 0.05) is 17.2 Å². The van der Waals surface area contributed by atoms with E-state index >= 15 is 0 Å². The summed E-state index contributed by atoms with van der Waals surface area (Å²) in [5.74, 6) is -0.702. The highest BCUT2D eigenvalue weighted by atomic mass is 35.7. The SMILES string of the molecule is CCn1c(C(F)F)nnc1S(=O)(=O)Cl. The number of nitrogens with zero attached hydrogens (tertiary/aromatic N) is 3. The number of hydrogen-bond acceptors (Lipinski definition) is 4. The van der Waals surface area contributed by atoms with Crippen LogP contribution in [0.3, 0.4) is 0 Å². The Morgan fingerprint density at radius 2 is 2.07 bits per heavy atom. The number of hydrogen-bond donors (Lipinski definition) is 0. The highest BCUT2D eigenvalue weighted by Gasteiger charge is 2.25. The molecule has 5 nitrogen and oxygen atoms in total. The van der Waals surface area contributed by atoms with Crippen molar-refractivity contribution in [1.29, 1.82) is 0 Å². The number of halogens is 3. The third-order valence-corrected chi connectivity index (χ3v) is 2.63. The standard InChI is InChI=1S/C5H6ClF2N3O2S/c1-2-11-4(3(7)8)9-10-5(11)14(6,12)13/h3H,2H2,1H3. The normalized spacial score (nSPS) is 12.4. The van der Waals surface area contributed by atoms with Crippen LogP contribution in [0.5, 0.6) is 0 Å². The summed E-state index contributed by atoms with van der Waals surface area (Å²) in [4.78, 5) is 0. The molecule has 0 spiro atoms. The zero-order chi connectivity index (χ0) is 10.9. The zero-order valence-electron chi connectivity index (χ0n) is 6.98. The van der Waals surface area contributed by atoms with Crippen LogP contribution in [0.25, 0.3) is 0 Å². The molecule has 0 saturated heterocycles. The maximum Gasteiger partial charge on any atom is 0.297 e. The second-order valence-electron chi connectivity index (χ2n) is 2.32. The second-order valence-corrected chi connectivity index (χ2v) is 4.78. The average molecular weight is 246 g/mol. The minimum atomic E-state index is -4.13. The van der Waals surface area contributed by atoms with E-state index in [0.717, 1.165) is 4.57 Å². The van der Waals surface area contributed by atoms with Crippen molar-refractivity contribution < 1.29 is 17.2 Å². The smallest absolute Gasteiger partial charge is 0.296 e. The monoisotopic (exact) mass is 245 g/mol. The molecule has 0 aliphatic rings. The lowest BCUT2D eigenvalue weighted by atomic mass is 10.6. The fourth-order valence-corrected chi connectivity index (χ4v) is 1.91. The number of rotatable bonds is 3. The molecule has 0 fully saturated rings. The van der Waals surface area contributed by atoms with Gasteiger partial charge in [-0.25, -0.2) is 17.2 Å². The van der Waals surface area contributed by atoms with E-state index in [2.05, 4.69) is 10.2 Å². The quantitative estimate of drug-likeness (QED) is 0.750. The third kappa shape index (κ3) is 2.01. The summed E-state index contributed by atoms with van der Waals surface area (Å²) >= 11 is 0. The minimum absolute atomic E-state index is 0.00789. The molecule has 1 rings (SSSR count). The fourth-order valence-electron chi connectivity index (χ4n) is 0.939. The van der Waals surface area contributed by atoms with Gasteiger partial charge in [0.2, 0.25) is 5.82 Å². The lowest BCUT2D eigenvalue weighted by molar-refractivity contribution is 0.134. The Labute approximate surface area is 83.1 Å². The summed E-state index contributed by atoms with van der Waals surface area (Å²) in [7, 11) is 0.834. The van der Waals surface area contributed by atoms with Crippen LogP contribution >= 0.6 is 10.7 Å². The number of alkyl halides is 2. The molecule has 0 unspecified atom stereocenters. The van der Waals surface area contributed by atoms with E-state index < -0.39 is 26.5 Å². The van der Waals surface area contributed by atoms with Gasteiger partial charge in [0.25, 0.3) is 20.6 Å². The topological polar surface area (TPSA) is 64.8 Å². The number of aromatic nitrogens is 3. The summed E-state index contributed by atoms with van der Waals surface area (Å²) in [6.07, 6.45) is -2.88. The van der Waals surface area contributed by atoms with Crippen LogP contribution in [0.1, 0.15) is 19.2 Å². The Morgan fingerprint density at radius 1 is 1.50 bits per heavy atom. The van der Waals surface area contributed by atoms with Crippen LogP contribution in [-0.4, -0.2) is 23.2 Å². The first-order valence-electron chi connectivity index (χ1n) is 3.53. The van der Waals surface area contributed by atoms with E-state index in [1.54, 1.807) is 0 Å². The van der Waals surface area contributed by atoms with E-state index in [1.165, 1.54) is 6.92 Å². The van der Waals surface area contributed by atoms with Crippen molar-refractivity contribution in [3.05, 3.63) is 5.82 Å². The van der Waals surface area contributed by atoms with Crippen molar-refractivity contribution in [3.63, 3.8) is 0 Å². The summed E-state index contributed by atoms with van der Waals surface area (Å²) in [6, 6.07) is 0. The summed E-state index contributed by atoms with van der Waals surface area (Å²) in [5, 5.41) is 5.49. The van der Waals surface area contributed by atoms with Gasteiger partial charge in [0.05, 0.1) is 0 Å². The first-order valence-corrected chi connectivity index (χ1v) is 5.84. The predicted molar refractivity (Wildman–Crippen MR) is 43.7 cm³/mol. The molecular formula is C5H6ClF2N3O2S. The Hall–Kier alpha value is -0.760. The highest BCUT2D eigenvalue weighted by molar-refractivity contribution is 8.13.